The van der Waals surface area contributed by atoms with Gasteiger partial charge >= 0.3 is 0 Å². The van der Waals surface area contributed by atoms with Gasteiger partial charge in [0.05, 0.1) is 0 Å². The van der Waals surface area contributed by atoms with E-state index in [1.54, 1.807) is 0 Å². The highest BCUT2D eigenvalue weighted by molar-refractivity contribution is 4.62. The number of hydrogen-bond donors (Lipinski definition) is 0. The molecule has 2 aliphatic rings. The molecule has 68 valence electrons. The van der Waals surface area contributed by atoms with E-state index in [1.807, 2.05) is 0 Å². The molecule has 2 heterocycles. The molecule has 0 radical (unpaired) electrons. The SMILES string of the molecule is C1CCN(N=NN2CCCC2)C1. The molecule has 0 saturated carbocycles. The molecule has 2 fully saturated rings. The molecule has 0 spiro atoms. The first kappa shape index (κ1) is 7.83. The zero-order valence-corrected chi connectivity index (χ0v) is 7.45. The van der Waals surface area contributed by atoms with Gasteiger partial charge in [0, 0.05) is 26.2 Å². The lowest BCUT2D eigenvalue weighted by Crippen LogP contribution is -2.15. The predicted molar refractivity (Wildman–Crippen MR) is 46.5 cm³/mol. The lowest BCUT2D eigenvalue weighted by Gasteiger charge is -2.11. The molecule has 0 aromatic rings. The number of rotatable bonds is 2. The van der Waals surface area contributed by atoms with Crippen molar-refractivity contribution >= 4 is 0 Å². The zero-order valence-electron chi connectivity index (χ0n) is 7.45. The third-order valence-corrected chi connectivity index (χ3v) is 2.46. The highest BCUT2D eigenvalue weighted by Gasteiger charge is 2.11. The maximum absolute atomic E-state index is 4.19. The van der Waals surface area contributed by atoms with Crippen molar-refractivity contribution in [3.05, 3.63) is 0 Å². The fourth-order valence-corrected chi connectivity index (χ4v) is 1.69. The molecule has 0 aromatic carbocycles. The molecule has 0 aliphatic carbocycles. The first-order chi connectivity index (χ1) is 5.95. The summed E-state index contributed by atoms with van der Waals surface area (Å²) in [7, 11) is 0. The average Bonchev–Trinajstić information content (AvgIpc) is 2.74. The number of nitrogens with zero attached hydrogens (tertiary/aromatic N) is 4. The van der Waals surface area contributed by atoms with Gasteiger partial charge in [-0.05, 0) is 25.7 Å². The normalized spacial score (nSPS) is 24.7. The molecular formula is C8H16N4. The highest BCUT2D eigenvalue weighted by Crippen LogP contribution is 2.11. The van der Waals surface area contributed by atoms with E-state index in [1.165, 1.54) is 25.7 Å². The Balaban J connectivity index is 1.75. The van der Waals surface area contributed by atoms with Crippen molar-refractivity contribution < 1.29 is 0 Å². The molecule has 4 heteroatoms. The van der Waals surface area contributed by atoms with Gasteiger partial charge in [-0.1, -0.05) is 10.4 Å². The first-order valence-electron chi connectivity index (χ1n) is 4.86. The topological polar surface area (TPSA) is 31.2 Å². The van der Waals surface area contributed by atoms with Gasteiger partial charge in [0.15, 0.2) is 0 Å². The molecule has 0 bridgehead atoms. The monoisotopic (exact) mass is 168 g/mol. The Bertz CT molecular complexity index is 138. The Hall–Kier alpha value is -0.800. The van der Waals surface area contributed by atoms with E-state index in [4.69, 9.17) is 0 Å². The number of hydrogen-bond acceptors (Lipinski definition) is 2. The third kappa shape index (κ3) is 1.87. The van der Waals surface area contributed by atoms with Crippen LogP contribution in [0, 0.1) is 0 Å². The van der Waals surface area contributed by atoms with Crippen molar-refractivity contribution in [1.82, 2.24) is 10.0 Å². The smallest absolute Gasteiger partial charge is 0.0378 e. The summed E-state index contributed by atoms with van der Waals surface area (Å²) in [6.45, 7) is 4.38. The molecule has 0 N–H and O–H groups in total. The van der Waals surface area contributed by atoms with Gasteiger partial charge in [-0.25, -0.2) is 0 Å². The summed E-state index contributed by atoms with van der Waals surface area (Å²) in [5, 5.41) is 12.5. The van der Waals surface area contributed by atoms with E-state index < -0.39 is 0 Å². The van der Waals surface area contributed by atoms with Gasteiger partial charge in [-0.2, -0.15) is 0 Å². The van der Waals surface area contributed by atoms with Gasteiger partial charge in [0.2, 0.25) is 0 Å². The quantitative estimate of drug-likeness (QED) is 0.584. The van der Waals surface area contributed by atoms with Crippen molar-refractivity contribution in [2.75, 3.05) is 26.2 Å². The maximum Gasteiger partial charge on any atom is 0.0378 e. The summed E-state index contributed by atoms with van der Waals surface area (Å²) in [5.41, 5.74) is 0. The van der Waals surface area contributed by atoms with Crippen molar-refractivity contribution in [2.45, 2.75) is 25.7 Å². The van der Waals surface area contributed by atoms with Gasteiger partial charge in [0.1, 0.15) is 0 Å². The van der Waals surface area contributed by atoms with Gasteiger partial charge in [-0.3, -0.25) is 10.0 Å². The summed E-state index contributed by atoms with van der Waals surface area (Å²) in [6.07, 6.45) is 5.11. The van der Waals surface area contributed by atoms with Gasteiger partial charge in [-0.15, -0.1) is 0 Å². The van der Waals surface area contributed by atoms with Gasteiger partial charge < -0.3 is 0 Å². The molecule has 2 aliphatic heterocycles. The lowest BCUT2D eigenvalue weighted by molar-refractivity contribution is 0.250. The second-order valence-corrected chi connectivity index (χ2v) is 3.50. The van der Waals surface area contributed by atoms with E-state index in [-0.39, 0.29) is 0 Å². The molecule has 0 atom stereocenters. The summed E-state index contributed by atoms with van der Waals surface area (Å²) < 4.78 is 0. The van der Waals surface area contributed by atoms with Crippen molar-refractivity contribution in [2.24, 2.45) is 10.4 Å². The first-order valence-corrected chi connectivity index (χ1v) is 4.86. The molecule has 2 rings (SSSR count). The molecule has 0 unspecified atom stereocenters. The van der Waals surface area contributed by atoms with E-state index in [9.17, 15) is 0 Å². The van der Waals surface area contributed by atoms with Crippen LogP contribution in [-0.4, -0.2) is 36.2 Å². The second-order valence-electron chi connectivity index (χ2n) is 3.50. The Morgan fingerprint density at radius 1 is 0.583 bits per heavy atom. The van der Waals surface area contributed by atoms with Crippen molar-refractivity contribution in [3.63, 3.8) is 0 Å². The van der Waals surface area contributed by atoms with E-state index in [2.05, 4.69) is 20.5 Å². The van der Waals surface area contributed by atoms with Crippen molar-refractivity contribution in [3.8, 4) is 0 Å². The molecular weight excluding hydrogens is 152 g/mol. The molecule has 0 aromatic heterocycles. The summed E-state index contributed by atoms with van der Waals surface area (Å²) in [4.78, 5) is 0. The van der Waals surface area contributed by atoms with Crippen LogP contribution in [0.3, 0.4) is 0 Å². The van der Waals surface area contributed by atoms with E-state index in [0.29, 0.717) is 0 Å². The van der Waals surface area contributed by atoms with Crippen molar-refractivity contribution in [1.29, 1.82) is 0 Å². The van der Waals surface area contributed by atoms with Crippen LogP contribution in [0.4, 0.5) is 0 Å². The Morgan fingerprint density at radius 2 is 0.917 bits per heavy atom. The van der Waals surface area contributed by atoms with Crippen LogP contribution in [0.2, 0.25) is 0 Å². The highest BCUT2D eigenvalue weighted by atomic mass is 15.7. The lowest BCUT2D eigenvalue weighted by atomic mass is 10.4. The van der Waals surface area contributed by atoms with Crippen LogP contribution in [0.1, 0.15) is 25.7 Å². The Morgan fingerprint density at radius 3 is 1.25 bits per heavy atom. The summed E-state index contributed by atoms with van der Waals surface area (Å²) in [6, 6.07) is 0. The maximum atomic E-state index is 4.19. The molecule has 4 nitrogen and oxygen atoms in total. The fraction of sp³-hybridized carbons (Fsp3) is 1.00. The van der Waals surface area contributed by atoms with Crippen LogP contribution in [0.25, 0.3) is 0 Å². The van der Waals surface area contributed by atoms with Crippen LogP contribution in [-0.2, 0) is 0 Å². The summed E-state index contributed by atoms with van der Waals surface area (Å²) in [5.74, 6) is 0. The predicted octanol–water partition coefficient (Wildman–Crippen LogP) is 1.46. The fourth-order valence-electron chi connectivity index (χ4n) is 1.69. The van der Waals surface area contributed by atoms with E-state index in [0.717, 1.165) is 26.2 Å². The standard InChI is InChI=1S/C8H16N4/c1-2-6-11(5-1)9-10-12-7-3-4-8-12/h1-8H2. The van der Waals surface area contributed by atoms with Crippen LogP contribution < -0.4 is 0 Å². The molecule has 12 heavy (non-hydrogen) atoms. The third-order valence-electron chi connectivity index (χ3n) is 2.46. The van der Waals surface area contributed by atoms with Gasteiger partial charge in [0.25, 0.3) is 0 Å². The molecule has 2 saturated heterocycles. The minimum Gasteiger partial charge on any atom is -0.277 e. The largest absolute Gasteiger partial charge is 0.277 e. The Labute approximate surface area is 73.2 Å². The van der Waals surface area contributed by atoms with Crippen LogP contribution >= 0.6 is 0 Å². The van der Waals surface area contributed by atoms with E-state index >= 15 is 0 Å². The zero-order chi connectivity index (χ0) is 8.23. The van der Waals surface area contributed by atoms with Crippen LogP contribution in [0.5, 0.6) is 0 Å². The van der Waals surface area contributed by atoms with Crippen LogP contribution in [0.15, 0.2) is 10.4 Å². The minimum absolute atomic E-state index is 1.09. The Kier molecular flexibility index (Phi) is 2.44. The second kappa shape index (κ2) is 3.74. The average molecular weight is 168 g/mol. The summed E-state index contributed by atoms with van der Waals surface area (Å²) >= 11 is 0. The molecule has 0 amide bonds. The minimum atomic E-state index is 1.09.